The number of hydrogen-bond acceptors (Lipinski definition) is 1. The Morgan fingerprint density at radius 3 is 2.27 bits per heavy atom. The molecule has 0 spiro atoms. The summed E-state index contributed by atoms with van der Waals surface area (Å²) in [6.45, 7) is 4.53. The molecule has 0 atom stereocenters. The minimum absolute atomic E-state index is 0.278. The van der Waals surface area contributed by atoms with Gasteiger partial charge in [0.15, 0.2) is 0 Å². The van der Waals surface area contributed by atoms with Crippen LogP contribution in [0.4, 0.5) is 0 Å². The molecule has 0 aromatic carbocycles. The average Bonchev–Trinajstić information content (AvgIpc) is 2.08. The summed E-state index contributed by atoms with van der Waals surface area (Å²) in [5, 5.41) is 8.62. The SMILES string of the molecule is CCC.OCC1=CCCCC1. The number of aliphatic hydroxyl groups excluding tert-OH is 1. The van der Waals surface area contributed by atoms with Gasteiger partial charge >= 0.3 is 0 Å². The first-order valence-corrected chi connectivity index (χ1v) is 4.63. The lowest BCUT2D eigenvalue weighted by atomic mass is 10.0. The minimum atomic E-state index is 0.278. The lowest BCUT2D eigenvalue weighted by molar-refractivity contribution is 0.323. The van der Waals surface area contributed by atoms with E-state index in [1.54, 1.807) is 0 Å². The van der Waals surface area contributed by atoms with Gasteiger partial charge in [-0.1, -0.05) is 26.3 Å². The number of hydrogen-bond donors (Lipinski definition) is 1. The lowest BCUT2D eigenvalue weighted by Crippen LogP contribution is -1.95. The molecule has 1 rings (SSSR count). The number of allylic oxidation sites excluding steroid dienone is 1. The van der Waals surface area contributed by atoms with Gasteiger partial charge in [-0.25, -0.2) is 0 Å². The zero-order chi connectivity index (χ0) is 8.53. The first-order chi connectivity index (χ1) is 5.35. The number of aliphatic hydroxyl groups is 1. The van der Waals surface area contributed by atoms with E-state index in [9.17, 15) is 0 Å². The Balaban J connectivity index is 0.000000292. The van der Waals surface area contributed by atoms with Gasteiger partial charge in [0.2, 0.25) is 0 Å². The summed E-state index contributed by atoms with van der Waals surface area (Å²) in [6, 6.07) is 0. The highest BCUT2D eigenvalue weighted by molar-refractivity contribution is 5.04. The van der Waals surface area contributed by atoms with Crippen molar-refractivity contribution >= 4 is 0 Å². The van der Waals surface area contributed by atoms with Crippen LogP contribution in [-0.4, -0.2) is 11.7 Å². The fraction of sp³-hybridized carbons (Fsp3) is 0.800. The van der Waals surface area contributed by atoms with Crippen LogP contribution in [-0.2, 0) is 0 Å². The molecule has 0 saturated heterocycles. The molecule has 0 heterocycles. The molecule has 0 aliphatic heterocycles. The van der Waals surface area contributed by atoms with E-state index < -0.39 is 0 Å². The summed E-state index contributed by atoms with van der Waals surface area (Å²) in [5.74, 6) is 0. The third-order valence-electron chi connectivity index (χ3n) is 1.59. The van der Waals surface area contributed by atoms with E-state index >= 15 is 0 Å². The van der Waals surface area contributed by atoms with Crippen LogP contribution in [0.3, 0.4) is 0 Å². The second-order valence-corrected chi connectivity index (χ2v) is 2.97. The summed E-state index contributed by atoms with van der Waals surface area (Å²) in [7, 11) is 0. The second kappa shape index (κ2) is 7.80. The van der Waals surface area contributed by atoms with Gasteiger partial charge in [-0.2, -0.15) is 0 Å². The summed E-state index contributed by atoms with van der Waals surface area (Å²) in [6.07, 6.45) is 8.28. The molecule has 0 amide bonds. The molecule has 11 heavy (non-hydrogen) atoms. The first-order valence-electron chi connectivity index (χ1n) is 4.63. The van der Waals surface area contributed by atoms with E-state index in [0.717, 1.165) is 6.42 Å². The van der Waals surface area contributed by atoms with Crippen LogP contribution in [0, 0.1) is 0 Å². The predicted octanol–water partition coefficient (Wildman–Crippen LogP) is 2.90. The third kappa shape index (κ3) is 6.11. The normalized spacial score (nSPS) is 16.5. The molecule has 0 bridgehead atoms. The molecule has 1 heteroatoms. The summed E-state index contributed by atoms with van der Waals surface area (Å²) < 4.78 is 0. The zero-order valence-electron chi connectivity index (χ0n) is 7.77. The van der Waals surface area contributed by atoms with Crippen molar-refractivity contribution in [2.75, 3.05) is 6.61 Å². The van der Waals surface area contributed by atoms with Crippen LogP contribution < -0.4 is 0 Å². The Kier molecular flexibility index (Phi) is 7.59. The highest BCUT2D eigenvalue weighted by Gasteiger charge is 1.99. The Morgan fingerprint density at radius 1 is 1.36 bits per heavy atom. The molecular formula is C10H20O. The maximum absolute atomic E-state index is 8.62. The quantitative estimate of drug-likeness (QED) is 0.579. The standard InChI is InChI=1S/C7H12O.C3H8/c8-6-7-4-2-1-3-5-7;1-3-2/h4,8H,1-3,5-6H2;3H2,1-2H3. The van der Waals surface area contributed by atoms with Crippen molar-refractivity contribution < 1.29 is 5.11 Å². The highest BCUT2D eigenvalue weighted by atomic mass is 16.3. The summed E-state index contributed by atoms with van der Waals surface area (Å²) in [5.41, 5.74) is 1.23. The van der Waals surface area contributed by atoms with Crippen LogP contribution in [0.2, 0.25) is 0 Å². The van der Waals surface area contributed by atoms with E-state index in [0.29, 0.717) is 0 Å². The maximum atomic E-state index is 8.62. The average molecular weight is 156 g/mol. The molecule has 66 valence electrons. The third-order valence-corrected chi connectivity index (χ3v) is 1.59. The van der Waals surface area contributed by atoms with E-state index in [-0.39, 0.29) is 6.61 Å². The van der Waals surface area contributed by atoms with Crippen molar-refractivity contribution in [3.63, 3.8) is 0 Å². The van der Waals surface area contributed by atoms with Crippen LogP contribution in [0.25, 0.3) is 0 Å². The van der Waals surface area contributed by atoms with Crippen molar-refractivity contribution in [3.8, 4) is 0 Å². The maximum Gasteiger partial charge on any atom is 0.0641 e. The summed E-state index contributed by atoms with van der Waals surface area (Å²) >= 11 is 0. The van der Waals surface area contributed by atoms with Crippen molar-refractivity contribution in [1.82, 2.24) is 0 Å². The molecule has 0 aromatic rings. The fourth-order valence-electron chi connectivity index (χ4n) is 1.05. The van der Waals surface area contributed by atoms with Gasteiger partial charge in [0.25, 0.3) is 0 Å². The summed E-state index contributed by atoms with van der Waals surface area (Å²) in [4.78, 5) is 0. The smallest absolute Gasteiger partial charge is 0.0641 e. The molecular weight excluding hydrogens is 136 g/mol. The highest BCUT2D eigenvalue weighted by Crippen LogP contribution is 2.15. The molecule has 1 nitrogen and oxygen atoms in total. The zero-order valence-corrected chi connectivity index (χ0v) is 7.77. The van der Waals surface area contributed by atoms with Gasteiger partial charge in [0.05, 0.1) is 6.61 Å². The van der Waals surface area contributed by atoms with Gasteiger partial charge in [-0.3, -0.25) is 0 Å². The van der Waals surface area contributed by atoms with Crippen LogP contribution >= 0.6 is 0 Å². The van der Waals surface area contributed by atoms with Gasteiger partial charge in [-0.15, -0.1) is 0 Å². The molecule has 0 radical (unpaired) electrons. The van der Waals surface area contributed by atoms with Crippen molar-refractivity contribution in [2.24, 2.45) is 0 Å². The fourth-order valence-corrected chi connectivity index (χ4v) is 1.05. The molecule has 0 fully saturated rings. The number of rotatable bonds is 1. The molecule has 0 aromatic heterocycles. The van der Waals surface area contributed by atoms with Gasteiger partial charge in [0.1, 0.15) is 0 Å². The van der Waals surface area contributed by atoms with Crippen LogP contribution in [0.15, 0.2) is 11.6 Å². The second-order valence-electron chi connectivity index (χ2n) is 2.97. The Bertz CT molecular complexity index is 105. The monoisotopic (exact) mass is 156 g/mol. The Labute approximate surface area is 70.1 Å². The van der Waals surface area contributed by atoms with E-state index in [1.807, 2.05) is 0 Å². The first kappa shape index (κ1) is 10.7. The molecule has 1 N–H and O–H groups in total. The molecule has 0 unspecified atom stereocenters. The van der Waals surface area contributed by atoms with Crippen LogP contribution in [0.5, 0.6) is 0 Å². The minimum Gasteiger partial charge on any atom is -0.392 e. The van der Waals surface area contributed by atoms with Gasteiger partial charge in [-0.05, 0) is 31.3 Å². The van der Waals surface area contributed by atoms with E-state index in [4.69, 9.17) is 5.11 Å². The molecule has 1 aliphatic carbocycles. The molecule has 1 aliphatic rings. The van der Waals surface area contributed by atoms with E-state index in [2.05, 4.69) is 19.9 Å². The van der Waals surface area contributed by atoms with Crippen molar-refractivity contribution in [3.05, 3.63) is 11.6 Å². The Hall–Kier alpha value is -0.300. The lowest BCUT2D eigenvalue weighted by Gasteiger charge is -2.08. The largest absolute Gasteiger partial charge is 0.392 e. The molecule has 0 saturated carbocycles. The Morgan fingerprint density at radius 2 is 2.00 bits per heavy atom. The van der Waals surface area contributed by atoms with E-state index in [1.165, 1.54) is 31.3 Å². The van der Waals surface area contributed by atoms with Gasteiger partial charge in [0, 0.05) is 0 Å². The van der Waals surface area contributed by atoms with Crippen molar-refractivity contribution in [2.45, 2.75) is 46.0 Å². The predicted molar refractivity (Wildman–Crippen MR) is 49.6 cm³/mol. The topological polar surface area (TPSA) is 20.2 Å². The van der Waals surface area contributed by atoms with Gasteiger partial charge < -0.3 is 5.11 Å². The van der Waals surface area contributed by atoms with Crippen molar-refractivity contribution in [1.29, 1.82) is 0 Å². The van der Waals surface area contributed by atoms with Crippen LogP contribution in [0.1, 0.15) is 46.0 Å².